The zero-order valence-corrected chi connectivity index (χ0v) is 18.6. The fourth-order valence-electron chi connectivity index (χ4n) is 3.80. The number of furan rings is 2. The summed E-state index contributed by atoms with van der Waals surface area (Å²) in [5.41, 5.74) is 1.24. The summed E-state index contributed by atoms with van der Waals surface area (Å²) < 4.78 is 26.9. The highest BCUT2D eigenvalue weighted by Crippen LogP contribution is 2.41. The molecule has 1 aromatic carbocycles. The van der Waals surface area contributed by atoms with Gasteiger partial charge in [0.2, 0.25) is 0 Å². The molecule has 0 saturated carbocycles. The lowest BCUT2D eigenvalue weighted by Crippen LogP contribution is -2.28. The number of hydrogen-bond acceptors (Lipinski definition) is 4. The SMILES string of the molecule is Fc1cc(Br)ccc1-c1ccc(C2C(c3ccccn3)NC(=S)N2Cc2ccco2)o1. The minimum atomic E-state index is -0.357. The van der Waals surface area contributed by atoms with Gasteiger partial charge in [0.05, 0.1) is 30.1 Å². The van der Waals surface area contributed by atoms with E-state index in [0.717, 1.165) is 11.5 Å². The van der Waals surface area contributed by atoms with E-state index in [1.807, 2.05) is 41.3 Å². The molecule has 3 aromatic heterocycles. The molecule has 0 amide bonds. The molecule has 1 aliphatic rings. The lowest BCUT2D eigenvalue weighted by atomic mass is 10.0. The van der Waals surface area contributed by atoms with E-state index < -0.39 is 0 Å². The van der Waals surface area contributed by atoms with Crippen LogP contribution in [-0.2, 0) is 6.54 Å². The van der Waals surface area contributed by atoms with Gasteiger partial charge in [-0.1, -0.05) is 22.0 Å². The van der Waals surface area contributed by atoms with Gasteiger partial charge in [-0.3, -0.25) is 4.98 Å². The van der Waals surface area contributed by atoms with Crippen molar-refractivity contribution in [3.05, 3.63) is 101 Å². The van der Waals surface area contributed by atoms with Gasteiger partial charge in [-0.25, -0.2) is 4.39 Å². The molecule has 0 spiro atoms. The van der Waals surface area contributed by atoms with Crippen LogP contribution in [-0.4, -0.2) is 15.0 Å². The second-order valence-corrected chi connectivity index (χ2v) is 8.46. The van der Waals surface area contributed by atoms with Crippen LogP contribution < -0.4 is 5.32 Å². The maximum atomic E-state index is 14.5. The van der Waals surface area contributed by atoms with Crippen molar-refractivity contribution >= 4 is 33.3 Å². The van der Waals surface area contributed by atoms with Gasteiger partial charge in [-0.05, 0) is 66.8 Å². The molecule has 1 N–H and O–H groups in total. The summed E-state index contributed by atoms with van der Waals surface area (Å²) >= 11 is 8.93. The highest BCUT2D eigenvalue weighted by Gasteiger charge is 2.42. The second-order valence-electron chi connectivity index (χ2n) is 7.16. The predicted octanol–water partition coefficient (Wildman–Crippen LogP) is 6.01. The smallest absolute Gasteiger partial charge is 0.170 e. The minimum Gasteiger partial charge on any atom is -0.467 e. The summed E-state index contributed by atoms with van der Waals surface area (Å²) in [6.45, 7) is 0.468. The van der Waals surface area contributed by atoms with Crippen molar-refractivity contribution in [2.75, 3.05) is 0 Å². The first kappa shape index (κ1) is 20.0. The number of thiocarbonyl (C=S) groups is 1. The fourth-order valence-corrected chi connectivity index (χ4v) is 4.44. The van der Waals surface area contributed by atoms with Crippen LogP contribution in [0.25, 0.3) is 11.3 Å². The monoisotopic (exact) mass is 497 g/mol. The molecule has 4 aromatic rings. The molecule has 2 atom stereocenters. The molecule has 0 bridgehead atoms. The largest absolute Gasteiger partial charge is 0.467 e. The van der Waals surface area contributed by atoms with Gasteiger partial charge < -0.3 is 19.1 Å². The maximum absolute atomic E-state index is 14.5. The lowest BCUT2D eigenvalue weighted by Gasteiger charge is -2.25. The molecule has 5 rings (SSSR count). The fraction of sp³-hybridized carbons (Fsp3) is 0.130. The number of rotatable bonds is 5. The zero-order valence-electron chi connectivity index (χ0n) is 16.2. The van der Waals surface area contributed by atoms with Crippen molar-refractivity contribution < 1.29 is 13.2 Å². The first-order valence-corrected chi connectivity index (χ1v) is 10.9. The van der Waals surface area contributed by atoms with Gasteiger partial charge in [0.15, 0.2) is 5.11 Å². The van der Waals surface area contributed by atoms with Gasteiger partial charge in [-0.15, -0.1) is 0 Å². The van der Waals surface area contributed by atoms with Gasteiger partial charge in [0, 0.05) is 10.7 Å². The Hall–Kier alpha value is -2.97. The quantitative estimate of drug-likeness (QED) is 0.340. The molecule has 156 valence electrons. The van der Waals surface area contributed by atoms with E-state index in [1.54, 1.807) is 30.7 Å². The number of halogens is 2. The Morgan fingerprint density at radius 1 is 1.13 bits per heavy atom. The normalized spacial score (nSPS) is 18.4. The van der Waals surface area contributed by atoms with E-state index in [4.69, 9.17) is 21.1 Å². The molecule has 4 heterocycles. The lowest BCUT2D eigenvalue weighted by molar-refractivity contribution is 0.253. The number of nitrogens with zero attached hydrogens (tertiary/aromatic N) is 2. The average molecular weight is 498 g/mol. The van der Waals surface area contributed by atoms with E-state index in [0.29, 0.717) is 33.2 Å². The van der Waals surface area contributed by atoms with Crippen LogP contribution in [0.1, 0.15) is 29.3 Å². The van der Waals surface area contributed by atoms with Crippen molar-refractivity contribution in [1.82, 2.24) is 15.2 Å². The summed E-state index contributed by atoms with van der Waals surface area (Å²) in [6.07, 6.45) is 3.38. The Bertz CT molecular complexity index is 1210. The number of pyridine rings is 1. The third-order valence-electron chi connectivity index (χ3n) is 5.22. The van der Waals surface area contributed by atoms with Gasteiger partial charge in [0.25, 0.3) is 0 Å². The molecule has 2 unspecified atom stereocenters. The Balaban J connectivity index is 1.55. The first-order valence-electron chi connectivity index (χ1n) is 9.66. The molecule has 1 saturated heterocycles. The van der Waals surface area contributed by atoms with E-state index in [-0.39, 0.29) is 17.9 Å². The van der Waals surface area contributed by atoms with Gasteiger partial charge >= 0.3 is 0 Å². The van der Waals surface area contributed by atoms with Crippen molar-refractivity contribution in [1.29, 1.82) is 0 Å². The highest BCUT2D eigenvalue weighted by molar-refractivity contribution is 9.10. The Kier molecular flexibility index (Phi) is 5.33. The summed E-state index contributed by atoms with van der Waals surface area (Å²) in [4.78, 5) is 6.52. The molecule has 0 aliphatic carbocycles. The van der Waals surface area contributed by atoms with Crippen LogP contribution in [0, 0.1) is 5.82 Å². The summed E-state index contributed by atoms with van der Waals surface area (Å²) in [5, 5.41) is 3.94. The van der Waals surface area contributed by atoms with Crippen LogP contribution in [0.15, 0.2) is 86.4 Å². The molecule has 5 nitrogen and oxygen atoms in total. The van der Waals surface area contributed by atoms with E-state index in [2.05, 4.69) is 26.2 Å². The number of hydrogen-bond donors (Lipinski definition) is 1. The van der Waals surface area contributed by atoms with E-state index >= 15 is 0 Å². The Morgan fingerprint density at radius 3 is 2.77 bits per heavy atom. The van der Waals surface area contributed by atoms with Crippen LogP contribution in [0.3, 0.4) is 0 Å². The van der Waals surface area contributed by atoms with Crippen molar-refractivity contribution in [2.45, 2.75) is 18.6 Å². The van der Waals surface area contributed by atoms with Crippen LogP contribution in [0.2, 0.25) is 0 Å². The number of aromatic nitrogens is 1. The van der Waals surface area contributed by atoms with Crippen LogP contribution in [0.5, 0.6) is 0 Å². The van der Waals surface area contributed by atoms with Crippen molar-refractivity contribution in [3.63, 3.8) is 0 Å². The second kappa shape index (κ2) is 8.28. The molecule has 0 radical (unpaired) electrons. The Morgan fingerprint density at radius 2 is 2.03 bits per heavy atom. The third kappa shape index (κ3) is 3.88. The summed E-state index contributed by atoms with van der Waals surface area (Å²) in [5.74, 6) is 1.54. The van der Waals surface area contributed by atoms with E-state index in [1.165, 1.54) is 6.07 Å². The topological polar surface area (TPSA) is 54.4 Å². The molecular formula is C23H17BrFN3O2S. The average Bonchev–Trinajstić information content (AvgIpc) is 3.51. The molecule has 8 heteroatoms. The van der Waals surface area contributed by atoms with Crippen LogP contribution in [0.4, 0.5) is 4.39 Å². The van der Waals surface area contributed by atoms with Crippen molar-refractivity contribution in [3.8, 4) is 11.3 Å². The van der Waals surface area contributed by atoms with Gasteiger partial charge in [0.1, 0.15) is 29.1 Å². The molecule has 1 aliphatic heterocycles. The highest BCUT2D eigenvalue weighted by atomic mass is 79.9. The number of benzene rings is 1. The standard InChI is InChI=1S/C23H17BrFN3O2S/c24-14-6-7-16(17(25)12-14)19-8-9-20(30-19)22-21(18-5-1-2-10-26-18)27-23(31)28(22)13-15-4-3-11-29-15/h1-12,21-22H,13H2,(H,27,31). The molecular weight excluding hydrogens is 481 g/mol. The summed E-state index contributed by atoms with van der Waals surface area (Å²) in [7, 11) is 0. The maximum Gasteiger partial charge on any atom is 0.170 e. The first-order chi connectivity index (χ1) is 15.1. The molecule has 31 heavy (non-hydrogen) atoms. The Labute approximate surface area is 192 Å². The molecule has 1 fully saturated rings. The van der Waals surface area contributed by atoms with Crippen LogP contribution >= 0.6 is 28.1 Å². The zero-order chi connectivity index (χ0) is 21.4. The van der Waals surface area contributed by atoms with Crippen molar-refractivity contribution in [2.24, 2.45) is 0 Å². The number of nitrogens with one attached hydrogen (secondary N) is 1. The van der Waals surface area contributed by atoms with Gasteiger partial charge in [-0.2, -0.15) is 0 Å². The predicted molar refractivity (Wildman–Crippen MR) is 122 cm³/mol. The third-order valence-corrected chi connectivity index (χ3v) is 6.06. The summed E-state index contributed by atoms with van der Waals surface area (Å²) in [6, 6.07) is 17.5. The minimum absolute atomic E-state index is 0.225. The van der Waals surface area contributed by atoms with E-state index in [9.17, 15) is 4.39 Å².